The molecule has 3 aromatic rings. The Morgan fingerprint density at radius 2 is 1.77 bits per heavy atom. The van der Waals surface area contributed by atoms with Crippen molar-refractivity contribution in [3.8, 4) is 22.6 Å². The molecule has 0 aliphatic heterocycles. The summed E-state index contributed by atoms with van der Waals surface area (Å²) in [6.07, 6.45) is 0. The van der Waals surface area contributed by atoms with E-state index in [1.54, 1.807) is 14.0 Å². The lowest BCUT2D eigenvalue weighted by molar-refractivity contribution is 0.303. The fraction of sp³-hybridized carbons (Fsp3) is 0.158. The van der Waals surface area contributed by atoms with Crippen LogP contribution in [0.4, 0.5) is 0 Å². The minimum Gasteiger partial charge on any atom is -0.497 e. The van der Waals surface area contributed by atoms with Gasteiger partial charge in [0.15, 0.2) is 0 Å². The number of rotatable bonds is 6. The van der Waals surface area contributed by atoms with Crippen LogP contribution in [0.1, 0.15) is 11.3 Å². The molecule has 0 aliphatic rings. The Kier molecular flexibility index (Phi) is 5.01. The van der Waals surface area contributed by atoms with E-state index in [-0.39, 0.29) is 6.61 Å². The van der Waals surface area contributed by atoms with Gasteiger partial charge in [-0.3, -0.25) is 4.55 Å². The van der Waals surface area contributed by atoms with Crippen molar-refractivity contribution in [2.75, 3.05) is 7.11 Å². The Morgan fingerprint density at radius 1 is 1.08 bits per heavy atom. The molecule has 0 amide bonds. The number of para-hydroxylation sites is 1. The van der Waals surface area contributed by atoms with E-state index in [0.29, 0.717) is 17.1 Å². The van der Waals surface area contributed by atoms with Crippen molar-refractivity contribution in [2.45, 2.75) is 18.6 Å². The van der Waals surface area contributed by atoms with Crippen LogP contribution >= 0.6 is 0 Å². The number of furan rings is 1. The predicted molar refractivity (Wildman–Crippen MR) is 96.0 cm³/mol. The first-order chi connectivity index (χ1) is 12.4. The lowest BCUT2D eigenvalue weighted by Gasteiger charge is -2.11. The average molecular weight is 374 g/mol. The van der Waals surface area contributed by atoms with Crippen molar-refractivity contribution in [2.24, 2.45) is 0 Å². The number of methoxy groups -OCH3 is 1. The van der Waals surface area contributed by atoms with Crippen LogP contribution in [-0.2, 0) is 16.7 Å². The van der Waals surface area contributed by atoms with E-state index >= 15 is 0 Å². The van der Waals surface area contributed by atoms with Crippen LogP contribution in [0.3, 0.4) is 0 Å². The van der Waals surface area contributed by atoms with E-state index in [1.807, 2.05) is 48.5 Å². The molecule has 0 bridgehead atoms. The van der Waals surface area contributed by atoms with Crippen LogP contribution in [-0.4, -0.2) is 20.1 Å². The van der Waals surface area contributed by atoms with Crippen molar-refractivity contribution in [1.82, 2.24) is 0 Å². The normalized spacial score (nSPS) is 11.3. The zero-order valence-corrected chi connectivity index (χ0v) is 15.1. The smallest absolute Gasteiger partial charge is 0.328 e. The van der Waals surface area contributed by atoms with E-state index in [1.165, 1.54) is 6.07 Å². The van der Waals surface area contributed by atoms with Gasteiger partial charge in [0.1, 0.15) is 23.9 Å². The molecule has 0 saturated carbocycles. The van der Waals surface area contributed by atoms with Gasteiger partial charge in [0.05, 0.1) is 7.11 Å². The Balaban J connectivity index is 1.84. The first-order valence-corrected chi connectivity index (χ1v) is 9.25. The maximum Gasteiger partial charge on any atom is 0.328 e. The molecule has 3 rings (SSSR count). The number of ether oxygens (including phenoxy) is 2. The zero-order chi connectivity index (χ0) is 18.7. The Bertz CT molecular complexity index is 1000. The van der Waals surface area contributed by atoms with Crippen molar-refractivity contribution < 1.29 is 26.9 Å². The van der Waals surface area contributed by atoms with Gasteiger partial charge in [-0.15, -0.1) is 0 Å². The van der Waals surface area contributed by atoms with E-state index in [2.05, 4.69) is 0 Å². The molecule has 0 saturated heterocycles. The topological polar surface area (TPSA) is 86.0 Å². The van der Waals surface area contributed by atoms with Gasteiger partial charge in [-0.25, -0.2) is 0 Å². The Morgan fingerprint density at radius 3 is 2.38 bits per heavy atom. The molecule has 0 radical (unpaired) electrons. The first kappa shape index (κ1) is 18.0. The molecule has 1 heterocycles. The van der Waals surface area contributed by atoms with E-state index in [9.17, 15) is 8.42 Å². The first-order valence-electron chi connectivity index (χ1n) is 7.81. The summed E-state index contributed by atoms with van der Waals surface area (Å²) in [4.78, 5) is 0. The third-order valence-corrected chi connectivity index (χ3v) is 4.63. The third-order valence-electron chi connectivity index (χ3n) is 3.92. The number of benzene rings is 2. The van der Waals surface area contributed by atoms with Gasteiger partial charge < -0.3 is 13.9 Å². The fourth-order valence-corrected chi connectivity index (χ4v) is 3.04. The summed E-state index contributed by atoms with van der Waals surface area (Å²) in [6, 6.07) is 16.4. The fourth-order valence-electron chi connectivity index (χ4n) is 2.52. The Labute approximate surface area is 151 Å². The maximum atomic E-state index is 11.2. The molecule has 0 aliphatic carbocycles. The van der Waals surface area contributed by atoms with Crippen LogP contribution in [0.5, 0.6) is 11.5 Å². The van der Waals surface area contributed by atoms with Gasteiger partial charge in [0, 0.05) is 17.2 Å². The summed E-state index contributed by atoms with van der Waals surface area (Å²) in [6.45, 7) is 1.72. The van der Waals surface area contributed by atoms with E-state index < -0.39 is 15.2 Å². The van der Waals surface area contributed by atoms with Gasteiger partial charge in [-0.05, 0) is 30.7 Å². The molecule has 6 nitrogen and oxygen atoms in total. The van der Waals surface area contributed by atoms with Crippen molar-refractivity contribution >= 4 is 10.1 Å². The lowest BCUT2D eigenvalue weighted by atomic mass is 10.0. The third kappa shape index (κ3) is 3.89. The van der Waals surface area contributed by atoms with E-state index in [4.69, 9.17) is 18.4 Å². The molecule has 2 aromatic carbocycles. The summed E-state index contributed by atoms with van der Waals surface area (Å²) >= 11 is 0. The van der Waals surface area contributed by atoms with Gasteiger partial charge in [0.2, 0.25) is 5.09 Å². The van der Waals surface area contributed by atoms with Crippen molar-refractivity contribution in [3.05, 3.63) is 65.9 Å². The van der Waals surface area contributed by atoms with Gasteiger partial charge >= 0.3 is 10.1 Å². The van der Waals surface area contributed by atoms with Crippen LogP contribution < -0.4 is 9.47 Å². The van der Waals surface area contributed by atoms with Gasteiger partial charge in [-0.2, -0.15) is 8.42 Å². The molecule has 0 fully saturated rings. The number of hydrogen-bond donors (Lipinski definition) is 1. The molecule has 0 unspecified atom stereocenters. The molecule has 7 heteroatoms. The van der Waals surface area contributed by atoms with Crippen LogP contribution in [0.2, 0.25) is 0 Å². The van der Waals surface area contributed by atoms with Gasteiger partial charge in [0.25, 0.3) is 0 Å². The zero-order valence-electron chi connectivity index (χ0n) is 14.3. The molecule has 1 aromatic heterocycles. The van der Waals surface area contributed by atoms with Crippen LogP contribution in [0.15, 0.2) is 64.1 Å². The average Bonchev–Trinajstić information content (AvgIpc) is 3.01. The van der Waals surface area contributed by atoms with Crippen LogP contribution in [0, 0.1) is 6.92 Å². The highest BCUT2D eigenvalue weighted by molar-refractivity contribution is 7.85. The second kappa shape index (κ2) is 7.23. The monoisotopic (exact) mass is 374 g/mol. The highest BCUT2D eigenvalue weighted by Gasteiger charge is 2.18. The minimum atomic E-state index is -4.38. The van der Waals surface area contributed by atoms with Crippen molar-refractivity contribution in [3.63, 3.8) is 0 Å². The molecule has 0 spiro atoms. The SMILES string of the molecule is COc1ccc(-c2ccccc2OCc2cc(S(=O)(=O)O)oc2C)cc1. The molecular weight excluding hydrogens is 356 g/mol. The van der Waals surface area contributed by atoms with Crippen LogP contribution in [0.25, 0.3) is 11.1 Å². The summed E-state index contributed by atoms with van der Waals surface area (Å²) in [5, 5.41) is -0.489. The van der Waals surface area contributed by atoms with Gasteiger partial charge in [-0.1, -0.05) is 30.3 Å². The highest BCUT2D eigenvalue weighted by Crippen LogP contribution is 2.32. The summed E-state index contributed by atoms with van der Waals surface area (Å²) in [5.74, 6) is 1.78. The standard InChI is InChI=1S/C19H18O6S/c1-13-15(11-19(25-13)26(20,21)22)12-24-18-6-4-3-5-17(18)14-7-9-16(23-2)10-8-14/h3-11H,12H2,1-2H3,(H,20,21,22). The summed E-state index contributed by atoms with van der Waals surface area (Å²) < 4.78 is 47.5. The second-order valence-electron chi connectivity index (χ2n) is 5.64. The van der Waals surface area contributed by atoms with Crippen molar-refractivity contribution in [1.29, 1.82) is 0 Å². The molecular formula is C19H18O6S. The molecule has 0 atom stereocenters. The molecule has 26 heavy (non-hydrogen) atoms. The molecule has 1 N–H and O–H groups in total. The quantitative estimate of drug-likeness (QED) is 0.654. The summed E-state index contributed by atoms with van der Waals surface area (Å²) in [5.41, 5.74) is 2.40. The van der Waals surface area contributed by atoms with E-state index in [0.717, 1.165) is 16.9 Å². The highest BCUT2D eigenvalue weighted by atomic mass is 32.2. The minimum absolute atomic E-state index is 0.109. The lowest BCUT2D eigenvalue weighted by Crippen LogP contribution is -1.98. The largest absolute Gasteiger partial charge is 0.497 e. The second-order valence-corrected chi connectivity index (χ2v) is 6.99. The number of aryl methyl sites for hydroxylation is 1. The Hall–Kier alpha value is -2.77. The predicted octanol–water partition coefficient (Wildman–Crippen LogP) is 4.09. The number of hydrogen-bond acceptors (Lipinski definition) is 5. The molecule has 136 valence electrons. The maximum absolute atomic E-state index is 11.2. The summed E-state index contributed by atoms with van der Waals surface area (Å²) in [7, 11) is -2.77.